The van der Waals surface area contributed by atoms with Crippen molar-refractivity contribution in [2.24, 2.45) is 5.92 Å². The maximum absolute atomic E-state index is 11.8. The summed E-state index contributed by atoms with van der Waals surface area (Å²) in [5.41, 5.74) is 1.89. The molecule has 124 valence electrons. The van der Waals surface area contributed by atoms with Crippen LogP contribution in [0.1, 0.15) is 32.0 Å². The number of hydrogen-bond acceptors (Lipinski definition) is 3. The van der Waals surface area contributed by atoms with Gasteiger partial charge in [0.2, 0.25) is 5.43 Å². The second-order valence-electron chi connectivity index (χ2n) is 6.35. The standard InChI is InChI=1S/C19H26N2O2/c1-4-20(12-16-8-6-5-7-9-16)13-17-10-18(22)19(23)14-21(17)11-15(2)3/h5-10,14-15,23H,4,11-13H2,1-3H3. The number of aromatic nitrogens is 1. The number of nitrogens with zero attached hydrogens (tertiary/aromatic N) is 2. The third-order valence-corrected chi connectivity index (χ3v) is 3.84. The summed E-state index contributed by atoms with van der Waals surface area (Å²) in [5, 5.41) is 9.72. The van der Waals surface area contributed by atoms with Crippen molar-refractivity contribution in [2.45, 2.75) is 40.4 Å². The van der Waals surface area contributed by atoms with Gasteiger partial charge >= 0.3 is 0 Å². The Morgan fingerprint density at radius 2 is 1.87 bits per heavy atom. The van der Waals surface area contributed by atoms with Gasteiger partial charge in [0, 0.05) is 31.4 Å². The molecular formula is C19H26N2O2. The predicted molar refractivity (Wildman–Crippen MR) is 93.4 cm³/mol. The summed E-state index contributed by atoms with van der Waals surface area (Å²) in [6.45, 7) is 9.58. The minimum absolute atomic E-state index is 0.180. The van der Waals surface area contributed by atoms with Crippen molar-refractivity contribution in [1.82, 2.24) is 9.47 Å². The predicted octanol–water partition coefficient (Wildman–Crippen LogP) is 3.23. The van der Waals surface area contributed by atoms with Crippen LogP contribution in [0, 0.1) is 5.92 Å². The van der Waals surface area contributed by atoms with Gasteiger partial charge in [0.25, 0.3) is 0 Å². The molecule has 4 heteroatoms. The van der Waals surface area contributed by atoms with Crippen LogP contribution in [0.2, 0.25) is 0 Å². The van der Waals surface area contributed by atoms with E-state index in [2.05, 4.69) is 37.8 Å². The SMILES string of the molecule is CCN(Cc1ccccc1)Cc1cc(=O)c(O)cn1CC(C)C. The molecule has 0 bridgehead atoms. The molecular weight excluding hydrogens is 288 g/mol. The van der Waals surface area contributed by atoms with Crippen molar-refractivity contribution < 1.29 is 5.11 Å². The molecule has 2 rings (SSSR count). The molecule has 4 nitrogen and oxygen atoms in total. The number of benzene rings is 1. The lowest BCUT2D eigenvalue weighted by Gasteiger charge is -2.24. The summed E-state index contributed by atoms with van der Waals surface area (Å²) in [6, 6.07) is 11.9. The molecule has 0 aliphatic carbocycles. The third kappa shape index (κ3) is 4.96. The summed E-state index contributed by atoms with van der Waals surface area (Å²) >= 11 is 0. The largest absolute Gasteiger partial charge is 0.503 e. The highest BCUT2D eigenvalue weighted by Gasteiger charge is 2.11. The van der Waals surface area contributed by atoms with Gasteiger partial charge in [0.05, 0.1) is 6.20 Å². The molecule has 0 amide bonds. The van der Waals surface area contributed by atoms with Crippen LogP contribution in [0.25, 0.3) is 0 Å². The van der Waals surface area contributed by atoms with Crippen molar-refractivity contribution in [3.8, 4) is 5.75 Å². The second kappa shape index (κ2) is 7.97. The van der Waals surface area contributed by atoms with Crippen LogP contribution >= 0.6 is 0 Å². The van der Waals surface area contributed by atoms with Gasteiger partial charge in [0.15, 0.2) is 5.75 Å². The molecule has 1 heterocycles. The minimum atomic E-state index is -0.309. The first-order valence-electron chi connectivity index (χ1n) is 8.18. The maximum atomic E-state index is 11.8. The second-order valence-corrected chi connectivity index (χ2v) is 6.35. The summed E-state index contributed by atoms with van der Waals surface area (Å²) in [7, 11) is 0. The lowest BCUT2D eigenvalue weighted by atomic mass is 10.2. The Bertz CT molecular complexity index is 678. The van der Waals surface area contributed by atoms with Crippen LogP contribution in [-0.2, 0) is 19.6 Å². The molecule has 2 aromatic rings. The fourth-order valence-corrected chi connectivity index (χ4v) is 2.65. The zero-order valence-corrected chi connectivity index (χ0v) is 14.2. The van der Waals surface area contributed by atoms with E-state index in [4.69, 9.17) is 0 Å². The number of rotatable bonds is 7. The molecule has 0 unspecified atom stereocenters. The first-order chi connectivity index (χ1) is 11.0. The molecule has 1 N–H and O–H groups in total. The number of pyridine rings is 1. The Morgan fingerprint density at radius 3 is 2.48 bits per heavy atom. The van der Waals surface area contributed by atoms with E-state index in [0.29, 0.717) is 12.5 Å². The highest BCUT2D eigenvalue weighted by Crippen LogP contribution is 2.13. The monoisotopic (exact) mass is 314 g/mol. The van der Waals surface area contributed by atoms with Crippen LogP contribution in [0.5, 0.6) is 5.75 Å². The zero-order chi connectivity index (χ0) is 16.8. The van der Waals surface area contributed by atoms with Crippen LogP contribution in [-0.4, -0.2) is 21.1 Å². The molecule has 0 fully saturated rings. The smallest absolute Gasteiger partial charge is 0.223 e. The lowest BCUT2D eigenvalue weighted by Crippen LogP contribution is -2.26. The fourth-order valence-electron chi connectivity index (χ4n) is 2.65. The Balaban J connectivity index is 2.22. The van der Waals surface area contributed by atoms with Crippen LogP contribution < -0.4 is 5.43 Å². The van der Waals surface area contributed by atoms with Gasteiger partial charge in [-0.05, 0) is 18.0 Å². The van der Waals surface area contributed by atoms with E-state index in [1.54, 1.807) is 12.3 Å². The zero-order valence-electron chi connectivity index (χ0n) is 14.2. The van der Waals surface area contributed by atoms with Gasteiger partial charge in [-0.2, -0.15) is 0 Å². The van der Waals surface area contributed by atoms with Crippen LogP contribution in [0.3, 0.4) is 0 Å². The number of aromatic hydroxyl groups is 1. The maximum Gasteiger partial charge on any atom is 0.223 e. The van der Waals surface area contributed by atoms with Gasteiger partial charge < -0.3 is 9.67 Å². The molecule has 23 heavy (non-hydrogen) atoms. The van der Waals surface area contributed by atoms with Crippen LogP contribution in [0.4, 0.5) is 0 Å². The quantitative estimate of drug-likeness (QED) is 0.853. The van der Waals surface area contributed by atoms with Crippen molar-refractivity contribution in [3.63, 3.8) is 0 Å². The Labute approximate surface area is 138 Å². The topological polar surface area (TPSA) is 45.5 Å². The van der Waals surface area contributed by atoms with E-state index in [9.17, 15) is 9.90 Å². The van der Waals surface area contributed by atoms with Gasteiger partial charge in [-0.3, -0.25) is 9.69 Å². The summed E-state index contributed by atoms with van der Waals surface area (Å²) < 4.78 is 2.00. The highest BCUT2D eigenvalue weighted by molar-refractivity contribution is 5.21. The molecule has 0 aliphatic heterocycles. The van der Waals surface area contributed by atoms with Crippen molar-refractivity contribution in [1.29, 1.82) is 0 Å². The van der Waals surface area contributed by atoms with E-state index in [-0.39, 0.29) is 11.2 Å². The van der Waals surface area contributed by atoms with E-state index in [1.807, 2.05) is 22.8 Å². The van der Waals surface area contributed by atoms with Gasteiger partial charge in [0.1, 0.15) is 0 Å². The Hall–Kier alpha value is -2.07. The average Bonchev–Trinajstić information content (AvgIpc) is 2.52. The van der Waals surface area contributed by atoms with E-state index in [0.717, 1.165) is 25.3 Å². The normalized spacial score (nSPS) is 11.3. The summed E-state index contributed by atoms with van der Waals surface area (Å²) in [4.78, 5) is 14.1. The molecule has 1 aromatic carbocycles. The van der Waals surface area contributed by atoms with Gasteiger partial charge in [-0.1, -0.05) is 51.1 Å². The lowest BCUT2D eigenvalue weighted by molar-refractivity contribution is 0.261. The molecule has 0 atom stereocenters. The van der Waals surface area contributed by atoms with E-state index < -0.39 is 0 Å². The fraction of sp³-hybridized carbons (Fsp3) is 0.421. The van der Waals surface area contributed by atoms with Crippen molar-refractivity contribution >= 4 is 0 Å². The highest BCUT2D eigenvalue weighted by atomic mass is 16.3. The minimum Gasteiger partial charge on any atom is -0.503 e. The number of hydrogen-bond donors (Lipinski definition) is 1. The first-order valence-corrected chi connectivity index (χ1v) is 8.18. The molecule has 0 radical (unpaired) electrons. The van der Waals surface area contributed by atoms with E-state index >= 15 is 0 Å². The van der Waals surface area contributed by atoms with Crippen LogP contribution in [0.15, 0.2) is 47.4 Å². The first kappa shape index (κ1) is 17.3. The van der Waals surface area contributed by atoms with Crippen molar-refractivity contribution in [3.05, 3.63) is 64.1 Å². The molecule has 0 saturated heterocycles. The van der Waals surface area contributed by atoms with Gasteiger partial charge in [-0.15, -0.1) is 0 Å². The molecule has 0 aliphatic rings. The summed E-state index contributed by atoms with van der Waals surface area (Å²) in [5.74, 6) is 0.264. The summed E-state index contributed by atoms with van der Waals surface area (Å²) in [6.07, 6.45) is 1.56. The molecule has 1 aromatic heterocycles. The molecule has 0 spiro atoms. The Morgan fingerprint density at radius 1 is 1.17 bits per heavy atom. The average molecular weight is 314 g/mol. The van der Waals surface area contributed by atoms with Gasteiger partial charge in [-0.25, -0.2) is 0 Å². The third-order valence-electron chi connectivity index (χ3n) is 3.84. The molecule has 0 saturated carbocycles. The van der Waals surface area contributed by atoms with Crippen molar-refractivity contribution in [2.75, 3.05) is 6.54 Å². The van der Waals surface area contributed by atoms with E-state index in [1.165, 1.54) is 5.56 Å². The Kier molecular flexibility index (Phi) is 5.99.